The first kappa shape index (κ1) is 16.6. The maximum atomic E-state index is 11.9. The van der Waals surface area contributed by atoms with Gasteiger partial charge in [-0.3, -0.25) is 19.6 Å². The molecule has 0 fully saturated rings. The highest BCUT2D eigenvalue weighted by molar-refractivity contribution is 5.78. The molecule has 0 aromatic carbocycles. The molecule has 120 valence electrons. The van der Waals surface area contributed by atoms with E-state index in [1.165, 1.54) is 6.92 Å². The summed E-state index contributed by atoms with van der Waals surface area (Å²) in [7, 11) is 0. The number of pyridine rings is 2. The second-order valence-electron chi connectivity index (χ2n) is 5.18. The van der Waals surface area contributed by atoms with Gasteiger partial charge in [0.2, 0.25) is 11.8 Å². The van der Waals surface area contributed by atoms with Gasteiger partial charge in [0, 0.05) is 57.8 Å². The lowest BCUT2D eigenvalue weighted by molar-refractivity contribution is -0.130. The summed E-state index contributed by atoms with van der Waals surface area (Å²) in [5, 5.41) is 2.83. The Morgan fingerprint density at radius 2 is 1.87 bits per heavy atom. The van der Waals surface area contributed by atoms with Crippen LogP contribution in [0.3, 0.4) is 0 Å². The average Bonchev–Trinajstić information content (AvgIpc) is 2.58. The smallest absolute Gasteiger partial charge is 0.222 e. The molecule has 0 radical (unpaired) electrons. The molecule has 0 saturated carbocycles. The van der Waals surface area contributed by atoms with Crippen LogP contribution in [0.25, 0.3) is 0 Å². The number of amides is 2. The molecule has 1 N–H and O–H groups in total. The van der Waals surface area contributed by atoms with E-state index in [1.54, 1.807) is 29.7 Å². The van der Waals surface area contributed by atoms with Crippen molar-refractivity contribution in [1.82, 2.24) is 20.2 Å². The van der Waals surface area contributed by atoms with Crippen LogP contribution in [0.2, 0.25) is 0 Å². The van der Waals surface area contributed by atoms with Gasteiger partial charge in [-0.25, -0.2) is 0 Å². The maximum absolute atomic E-state index is 11.9. The van der Waals surface area contributed by atoms with Crippen LogP contribution >= 0.6 is 0 Å². The highest BCUT2D eigenvalue weighted by Crippen LogP contribution is 2.04. The minimum absolute atomic E-state index is 0.0538. The summed E-state index contributed by atoms with van der Waals surface area (Å²) >= 11 is 0. The lowest BCUT2D eigenvalue weighted by Crippen LogP contribution is -2.33. The van der Waals surface area contributed by atoms with Crippen LogP contribution in [-0.4, -0.2) is 33.2 Å². The zero-order chi connectivity index (χ0) is 16.5. The highest BCUT2D eigenvalue weighted by atomic mass is 16.2. The Morgan fingerprint density at radius 1 is 1.09 bits per heavy atom. The molecule has 2 aromatic rings. The summed E-state index contributed by atoms with van der Waals surface area (Å²) in [6, 6.07) is 7.45. The second-order valence-corrected chi connectivity index (χ2v) is 5.18. The van der Waals surface area contributed by atoms with Gasteiger partial charge in [-0.2, -0.15) is 0 Å². The fourth-order valence-electron chi connectivity index (χ4n) is 2.08. The molecule has 2 heterocycles. The van der Waals surface area contributed by atoms with E-state index in [-0.39, 0.29) is 18.2 Å². The van der Waals surface area contributed by atoms with Crippen molar-refractivity contribution < 1.29 is 9.59 Å². The number of nitrogens with one attached hydrogen (secondary N) is 1. The van der Waals surface area contributed by atoms with Gasteiger partial charge < -0.3 is 10.2 Å². The molecule has 2 rings (SSSR count). The van der Waals surface area contributed by atoms with Crippen molar-refractivity contribution in [3.05, 3.63) is 60.2 Å². The number of carbonyl (C=O) groups is 2. The van der Waals surface area contributed by atoms with Crippen molar-refractivity contribution in [2.24, 2.45) is 0 Å². The van der Waals surface area contributed by atoms with Crippen molar-refractivity contribution >= 4 is 11.8 Å². The summed E-state index contributed by atoms with van der Waals surface area (Å²) in [5.41, 5.74) is 1.94. The van der Waals surface area contributed by atoms with Gasteiger partial charge in [0.25, 0.3) is 0 Å². The largest absolute Gasteiger partial charge is 0.352 e. The first-order valence-corrected chi connectivity index (χ1v) is 7.45. The molecule has 0 unspecified atom stereocenters. The summed E-state index contributed by atoms with van der Waals surface area (Å²) in [6.07, 6.45) is 7.05. The molecule has 6 heteroatoms. The molecular weight excluding hydrogens is 292 g/mol. The first-order chi connectivity index (χ1) is 11.1. The third-order valence-electron chi connectivity index (χ3n) is 3.39. The maximum Gasteiger partial charge on any atom is 0.222 e. The second kappa shape index (κ2) is 8.63. The minimum atomic E-state index is -0.0881. The third kappa shape index (κ3) is 5.86. The number of nitrogens with zero attached hydrogens (tertiary/aromatic N) is 3. The first-order valence-electron chi connectivity index (χ1n) is 7.45. The molecule has 2 amide bonds. The molecule has 0 aliphatic carbocycles. The van der Waals surface area contributed by atoms with Crippen LogP contribution in [0.1, 0.15) is 24.5 Å². The molecule has 6 nitrogen and oxygen atoms in total. The molecule has 0 saturated heterocycles. The topological polar surface area (TPSA) is 75.2 Å². The van der Waals surface area contributed by atoms with Crippen LogP contribution < -0.4 is 5.32 Å². The Balaban J connectivity index is 1.79. The van der Waals surface area contributed by atoms with E-state index in [2.05, 4.69) is 15.3 Å². The fourth-order valence-corrected chi connectivity index (χ4v) is 2.08. The molecule has 0 spiro atoms. The summed E-state index contributed by atoms with van der Waals surface area (Å²) < 4.78 is 0. The number of hydrogen-bond acceptors (Lipinski definition) is 4. The Morgan fingerprint density at radius 3 is 2.52 bits per heavy atom. The molecule has 23 heavy (non-hydrogen) atoms. The number of aromatic nitrogens is 2. The normalized spacial score (nSPS) is 10.1. The summed E-state index contributed by atoms with van der Waals surface area (Å²) in [5.74, 6) is -0.142. The van der Waals surface area contributed by atoms with E-state index < -0.39 is 0 Å². The molecular formula is C17H20N4O2. The average molecular weight is 312 g/mol. The van der Waals surface area contributed by atoms with E-state index in [1.807, 2.05) is 24.3 Å². The number of hydrogen-bond donors (Lipinski definition) is 1. The van der Waals surface area contributed by atoms with Crippen molar-refractivity contribution in [2.45, 2.75) is 26.4 Å². The third-order valence-corrected chi connectivity index (χ3v) is 3.39. The van der Waals surface area contributed by atoms with Crippen LogP contribution in [-0.2, 0) is 22.7 Å². The zero-order valence-electron chi connectivity index (χ0n) is 13.1. The van der Waals surface area contributed by atoms with Gasteiger partial charge in [-0.1, -0.05) is 6.07 Å². The van der Waals surface area contributed by atoms with Crippen LogP contribution in [0, 0.1) is 0 Å². The van der Waals surface area contributed by atoms with Gasteiger partial charge in [0.15, 0.2) is 0 Å². The number of carbonyl (C=O) groups excluding carboxylic acids is 2. The van der Waals surface area contributed by atoms with Crippen molar-refractivity contribution in [3.8, 4) is 0 Å². The van der Waals surface area contributed by atoms with Crippen molar-refractivity contribution in [2.75, 3.05) is 6.54 Å². The molecule has 0 atom stereocenters. The van der Waals surface area contributed by atoms with Crippen LogP contribution in [0.15, 0.2) is 49.1 Å². The standard InChI is InChI=1S/C17H20N4O2/c1-14(22)21(13-15-4-8-18-9-5-15)10-6-17(23)20-12-16-3-2-7-19-11-16/h2-5,7-9,11H,6,10,12-13H2,1H3,(H,20,23). The Hall–Kier alpha value is -2.76. The quantitative estimate of drug-likeness (QED) is 0.841. The highest BCUT2D eigenvalue weighted by Gasteiger charge is 2.11. The van der Waals surface area contributed by atoms with Gasteiger partial charge in [-0.05, 0) is 29.3 Å². The lowest BCUT2D eigenvalue weighted by atomic mass is 10.2. The Kier molecular flexibility index (Phi) is 6.23. The molecule has 0 aliphatic rings. The molecule has 0 aliphatic heterocycles. The monoisotopic (exact) mass is 312 g/mol. The predicted molar refractivity (Wildman–Crippen MR) is 86.0 cm³/mol. The molecule has 0 bridgehead atoms. The van der Waals surface area contributed by atoms with E-state index in [0.717, 1.165) is 11.1 Å². The summed E-state index contributed by atoms with van der Waals surface area (Å²) in [6.45, 7) is 2.82. The van der Waals surface area contributed by atoms with Gasteiger partial charge in [0.1, 0.15) is 0 Å². The summed E-state index contributed by atoms with van der Waals surface area (Å²) in [4.78, 5) is 33.2. The van der Waals surface area contributed by atoms with Crippen LogP contribution in [0.4, 0.5) is 0 Å². The van der Waals surface area contributed by atoms with Gasteiger partial charge >= 0.3 is 0 Å². The van der Waals surface area contributed by atoms with Crippen molar-refractivity contribution in [3.63, 3.8) is 0 Å². The van der Waals surface area contributed by atoms with E-state index >= 15 is 0 Å². The fraction of sp³-hybridized carbons (Fsp3) is 0.294. The van der Waals surface area contributed by atoms with E-state index in [9.17, 15) is 9.59 Å². The van der Waals surface area contributed by atoms with Gasteiger partial charge in [-0.15, -0.1) is 0 Å². The number of rotatable bonds is 7. The van der Waals surface area contributed by atoms with Gasteiger partial charge in [0.05, 0.1) is 0 Å². The minimum Gasteiger partial charge on any atom is -0.352 e. The Labute approximate surface area is 135 Å². The predicted octanol–water partition coefficient (Wildman–Crippen LogP) is 1.53. The van der Waals surface area contributed by atoms with Crippen LogP contribution in [0.5, 0.6) is 0 Å². The lowest BCUT2D eigenvalue weighted by Gasteiger charge is -2.20. The Bertz CT molecular complexity index is 632. The van der Waals surface area contributed by atoms with E-state index in [0.29, 0.717) is 19.6 Å². The zero-order valence-corrected chi connectivity index (χ0v) is 13.1. The SMILES string of the molecule is CC(=O)N(CCC(=O)NCc1cccnc1)Cc1ccncc1. The molecule has 2 aromatic heterocycles. The van der Waals surface area contributed by atoms with E-state index in [4.69, 9.17) is 0 Å². The van der Waals surface area contributed by atoms with Crippen molar-refractivity contribution in [1.29, 1.82) is 0 Å².